The van der Waals surface area contributed by atoms with Gasteiger partial charge in [-0.05, 0) is 39.5 Å². The van der Waals surface area contributed by atoms with Gasteiger partial charge >= 0.3 is 0 Å². The first-order valence-electron chi connectivity index (χ1n) is 6.96. The SMILES string of the molecule is Cc1nnc(SC2CCCC(NC(C)C)(C(N)=O)C2)o1. The second kappa shape index (κ2) is 6.13. The van der Waals surface area contributed by atoms with Gasteiger partial charge in [-0.3, -0.25) is 4.79 Å². The minimum absolute atomic E-state index is 0.219. The number of primary amides is 1. The second-order valence-corrected chi connectivity index (χ2v) is 6.92. The van der Waals surface area contributed by atoms with E-state index in [-0.39, 0.29) is 17.2 Å². The summed E-state index contributed by atoms with van der Waals surface area (Å²) in [6, 6.07) is 0.219. The maximum absolute atomic E-state index is 11.9. The molecule has 0 spiro atoms. The van der Waals surface area contributed by atoms with E-state index >= 15 is 0 Å². The summed E-state index contributed by atoms with van der Waals surface area (Å²) >= 11 is 1.54. The van der Waals surface area contributed by atoms with E-state index in [0.29, 0.717) is 17.5 Å². The zero-order valence-corrected chi connectivity index (χ0v) is 13.0. The highest BCUT2D eigenvalue weighted by atomic mass is 32.2. The monoisotopic (exact) mass is 298 g/mol. The van der Waals surface area contributed by atoms with Crippen LogP contribution in [0.3, 0.4) is 0 Å². The second-order valence-electron chi connectivity index (χ2n) is 5.67. The number of nitrogens with one attached hydrogen (secondary N) is 1. The van der Waals surface area contributed by atoms with Gasteiger partial charge in [-0.1, -0.05) is 11.8 Å². The molecule has 2 unspecified atom stereocenters. The Morgan fingerprint density at radius 1 is 1.55 bits per heavy atom. The number of thioether (sulfide) groups is 1. The van der Waals surface area contributed by atoms with E-state index < -0.39 is 5.54 Å². The van der Waals surface area contributed by atoms with E-state index in [1.807, 2.05) is 13.8 Å². The van der Waals surface area contributed by atoms with Crippen LogP contribution in [0.25, 0.3) is 0 Å². The molecule has 1 aliphatic carbocycles. The summed E-state index contributed by atoms with van der Waals surface area (Å²) in [5.41, 5.74) is 5.04. The molecule has 0 radical (unpaired) electrons. The molecule has 1 amide bonds. The van der Waals surface area contributed by atoms with Crippen molar-refractivity contribution >= 4 is 17.7 Å². The number of nitrogens with zero attached hydrogens (tertiary/aromatic N) is 2. The van der Waals surface area contributed by atoms with E-state index in [4.69, 9.17) is 10.2 Å². The Kier molecular flexibility index (Phi) is 4.70. The van der Waals surface area contributed by atoms with Gasteiger partial charge in [-0.15, -0.1) is 10.2 Å². The third kappa shape index (κ3) is 3.52. The van der Waals surface area contributed by atoms with Gasteiger partial charge in [-0.25, -0.2) is 0 Å². The molecule has 0 bridgehead atoms. The van der Waals surface area contributed by atoms with Crippen LogP contribution in [-0.2, 0) is 4.79 Å². The first-order valence-corrected chi connectivity index (χ1v) is 7.83. The van der Waals surface area contributed by atoms with Crippen LogP contribution in [0, 0.1) is 6.92 Å². The maximum Gasteiger partial charge on any atom is 0.276 e. The lowest BCUT2D eigenvalue weighted by molar-refractivity contribution is -0.126. The molecule has 1 fully saturated rings. The van der Waals surface area contributed by atoms with Crippen LogP contribution in [0.1, 0.15) is 45.4 Å². The fourth-order valence-electron chi connectivity index (χ4n) is 2.77. The van der Waals surface area contributed by atoms with Crippen molar-refractivity contribution in [1.82, 2.24) is 15.5 Å². The van der Waals surface area contributed by atoms with Crippen molar-refractivity contribution in [2.75, 3.05) is 0 Å². The Bertz CT molecular complexity index is 477. The molecule has 2 atom stereocenters. The lowest BCUT2D eigenvalue weighted by Gasteiger charge is -2.40. The molecule has 1 aliphatic rings. The highest BCUT2D eigenvalue weighted by Gasteiger charge is 2.42. The largest absolute Gasteiger partial charge is 0.416 e. The minimum Gasteiger partial charge on any atom is -0.416 e. The van der Waals surface area contributed by atoms with E-state index in [1.165, 1.54) is 0 Å². The van der Waals surface area contributed by atoms with Crippen LogP contribution in [0.5, 0.6) is 0 Å². The van der Waals surface area contributed by atoms with Gasteiger partial charge in [0.25, 0.3) is 5.22 Å². The van der Waals surface area contributed by atoms with Gasteiger partial charge in [0.15, 0.2) is 0 Å². The molecule has 7 heteroatoms. The molecule has 0 saturated heterocycles. The van der Waals surface area contributed by atoms with Gasteiger partial charge in [-0.2, -0.15) is 0 Å². The van der Waals surface area contributed by atoms with Crippen LogP contribution in [0.2, 0.25) is 0 Å². The third-order valence-corrected chi connectivity index (χ3v) is 4.62. The van der Waals surface area contributed by atoms with Gasteiger partial charge in [0.2, 0.25) is 11.8 Å². The third-order valence-electron chi connectivity index (χ3n) is 3.52. The molecule has 20 heavy (non-hydrogen) atoms. The zero-order valence-electron chi connectivity index (χ0n) is 12.2. The van der Waals surface area contributed by atoms with Gasteiger partial charge < -0.3 is 15.5 Å². The van der Waals surface area contributed by atoms with Crippen molar-refractivity contribution in [3.8, 4) is 0 Å². The number of hydrogen-bond acceptors (Lipinski definition) is 6. The first kappa shape index (κ1) is 15.3. The van der Waals surface area contributed by atoms with Gasteiger partial charge in [0.1, 0.15) is 0 Å². The van der Waals surface area contributed by atoms with Crippen molar-refractivity contribution in [1.29, 1.82) is 0 Å². The number of aromatic nitrogens is 2. The normalized spacial score (nSPS) is 26.9. The van der Waals surface area contributed by atoms with E-state index in [0.717, 1.165) is 19.3 Å². The predicted molar refractivity (Wildman–Crippen MR) is 77.3 cm³/mol. The fraction of sp³-hybridized carbons (Fsp3) is 0.769. The number of amides is 1. The van der Waals surface area contributed by atoms with Crippen LogP contribution in [0.15, 0.2) is 9.64 Å². The molecule has 6 nitrogen and oxygen atoms in total. The van der Waals surface area contributed by atoms with Gasteiger partial charge in [0, 0.05) is 18.2 Å². The van der Waals surface area contributed by atoms with Crippen molar-refractivity contribution in [3.63, 3.8) is 0 Å². The van der Waals surface area contributed by atoms with E-state index in [1.54, 1.807) is 18.7 Å². The number of aryl methyl sites for hydroxylation is 1. The molecule has 0 aliphatic heterocycles. The first-order chi connectivity index (χ1) is 9.41. The average Bonchev–Trinajstić information content (AvgIpc) is 2.74. The van der Waals surface area contributed by atoms with Crippen LogP contribution >= 0.6 is 11.8 Å². The molecule has 1 heterocycles. The Labute approximate surface area is 123 Å². The Morgan fingerprint density at radius 3 is 2.85 bits per heavy atom. The fourth-order valence-corrected chi connectivity index (χ4v) is 3.97. The number of rotatable bonds is 5. The van der Waals surface area contributed by atoms with Crippen LogP contribution in [-0.4, -0.2) is 32.9 Å². The summed E-state index contributed by atoms with van der Waals surface area (Å²) in [7, 11) is 0. The Hall–Kier alpha value is -1.08. The molecular weight excluding hydrogens is 276 g/mol. The summed E-state index contributed by atoms with van der Waals surface area (Å²) in [6.45, 7) is 5.83. The summed E-state index contributed by atoms with van der Waals surface area (Å²) in [5.74, 6) is 0.294. The average molecular weight is 298 g/mol. The summed E-state index contributed by atoms with van der Waals surface area (Å²) in [6.07, 6.45) is 3.49. The summed E-state index contributed by atoms with van der Waals surface area (Å²) in [4.78, 5) is 11.9. The number of hydrogen-bond donors (Lipinski definition) is 2. The van der Waals surface area contributed by atoms with Crippen molar-refractivity contribution in [2.45, 2.75) is 68.5 Å². The Balaban J connectivity index is 2.07. The highest BCUT2D eigenvalue weighted by Crippen LogP contribution is 2.38. The van der Waals surface area contributed by atoms with Gasteiger partial charge in [0.05, 0.1) is 5.54 Å². The van der Waals surface area contributed by atoms with Crippen molar-refractivity contribution in [3.05, 3.63) is 5.89 Å². The van der Waals surface area contributed by atoms with Crippen molar-refractivity contribution < 1.29 is 9.21 Å². The minimum atomic E-state index is -0.612. The lowest BCUT2D eigenvalue weighted by Crippen LogP contribution is -2.60. The maximum atomic E-state index is 11.9. The summed E-state index contributed by atoms with van der Waals surface area (Å²) in [5, 5.41) is 12.0. The van der Waals surface area contributed by atoms with Crippen molar-refractivity contribution in [2.24, 2.45) is 5.73 Å². The zero-order chi connectivity index (χ0) is 14.8. The quantitative estimate of drug-likeness (QED) is 0.858. The van der Waals surface area contributed by atoms with E-state index in [2.05, 4.69) is 15.5 Å². The summed E-state index contributed by atoms with van der Waals surface area (Å²) < 4.78 is 5.40. The molecule has 112 valence electrons. The number of carbonyl (C=O) groups excluding carboxylic acids is 1. The standard InChI is InChI=1S/C13H22N4O2S/c1-8(2)15-13(11(14)18)6-4-5-10(7-13)20-12-17-16-9(3)19-12/h8,10,15H,4-7H2,1-3H3,(H2,14,18). The number of carbonyl (C=O) groups is 1. The highest BCUT2D eigenvalue weighted by molar-refractivity contribution is 7.99. The van der Waals surface area contributed by atoms with Crippen LogP contribution in [0.4, 0.5) is 0 Å². The Morgan fingerprint density at radius 2 is 2.30 bits per heavy atom. The topological polar surface area (TPSA) is 94.0 Å². The lowest BCUT2D eigenvalue weighted by atomic mass is 9.80. The van der Waals surface area contributed by atoms with E-state index in [9.17, 15) is 4.79 Å². The molecule has 1 aromatic heterocycles. The smallest absolute Gasteiger partial charge is 0.276 e. The molecule has 1 saturated carbocycles. The molecule has 2 rings (SSSR count). The molecule has 1 aromatic rings. The molecule has 0 aromatic carbocycles. The number of nitrogens with two attached hydrogens (primary N) is 1. The predicted octanol–water partition coefficient (Wildman–Crippen LogP) is 1.63. The molecule has 3 N–H and O–H groups in total. The molecular formula is C13H22N4O2S. The van der Waals surface area contributed by atoms with Crippen LogP contribution < -0.4 is 11.1 Å².